The molecule has 24 nitrogen and oxygen atoms in total. The Kier molecular flexibility index (Phi) is 17.7. The fourth-order valence-corrected chi connectivity index (χ4v) is 8.90. The highest BCUT2D eigenvalue weighted by molar-refractivity contribution is 7.99. The zero-order valence-electron chi connectivity index (χ0n) is 37.1. The number of benzene rings is 1. The zero-order valence-corrected chi connectivity index (χ0v) is 38.0. The van der Waals surface area contributed by atoms with Crippen LogP contribution in [-0.4, -0.2) is 166 Å². The summed E-state index contributed by atoms with van der Waals surface area (Å²) >= 11 is 0.981. The second-order valence-electron chi connectivity index (χ2n) is 16.4. The molecule has 9 atom stereocenters. The van der Waals surface area contributed by atoms with Crippen LogP contribution in [0.3, 0.4) is 0 Å². The van der Waals surface area contributed by atoms with Crippen molar-refractivity contribution in [1.82, 2.24) is 47.1 Å². The number of fused-ring (bicyclic) bond motifs is 5. The molecule has 25 heteroatoms. The molecule has 2 bridgehead atoms. The van der Waals surface area contributed by atoms with Crippen LogP contribution in [0.25, 0.3) is 10.9 Å². The molecule has 4 heterocycles. The number of rotatable bonds is 9. The molecule has 0 spiro atoms. The average Bonchev–Trinajstić information content (AvgIpc) is 3.84. The Balaban J connectivity index is 1.69. The van der Waals surface area contributed by atoms with Crippen LogP contribution in [0.5, 0.6) is 0 Å². The van der Waals surface area contributed by atoms with Crippen molar-refractivity contribution in [3.8, 4) is 0 Å². The van der Waals surface area contributed by atoms with Gasteiger partial charge in [-0.2, -0.15) is 0 Å². The number of nitrogens with one attached hydrogen (secondary N) is 8. The van der Waals surface area contributed by atoms with Crippen LogP contribution >= 0.6 is 11.8 Å². The Bertz CT molecular complexity index is 2270. The summed E-state index contributed by atoms with van der Waals surface area (Å²) in [6.07, 6.45) is -4.67. The molecule has 1 fully saturated rings. The predicted molar refractivity (Wildman–Crippen MR) is 233 cm³/mol. The highest BCUT2D eigenvalue weighted by Gasteiger charge is 2.44. The van der Waals surface area contributed by atoms with E-state index in [1.54, 1.807) is 38.1 Å². The molecule has 0 aliphatic carbocycles. The number of hydrogen-bond donors (Lipinski definition) is 10. The number of nitrogens with zero attached hydrogens (tertiary/aromatic N) is 1. The first kappa shape index (κ1) is 51.2. The van der Waals surface area contributed by atoms with Gasteiger partial charge in [0.25, 0.3) is 0 Å². The van der Waals surface area contributed by atoms with E-state index >= 15 is 0 Å². The second kappa shape index (κ2) is 23.1. The minimum absolute atomic E-state index is 0.302. The van der Waals surface area contributed by atoms with Gasteiger partial charge in [-0.1, -0.05) is 38.5 Å². The Hall–Kier alpha value is -6.76. The average molecular weight is 958 g/mol. The van der Waals surface area contributed by atoms with E-state index in [0.29, 0.717) is 27.9 Å². The number of carboxylic acids is 1. The number of hydrogen-bond acceptors (Lipinski definition) is 15. The number of aliphatic carboxylic acids is 1. The van der Waals surface area contributed by atoms with Crippen molar-refractivity contribution >= 4 is 87.8 Å². The van der Waals surface area contributed by atoms with Gasteiger partial charge in [-0.15, -0.1) is 11.8 Å². The Morgan fingerprint density at radius 3 is 2.16 bits per heavy atom. The third-order valence-electron chi connectivity index (χ3n) is 11.3. The van der Waals surface area contributed by atoms with Crippen LogP contribution in [0.4, 0.5) is 0 Å². The molecule has 3 aliphatic rings. The van der Waals surface area contributed by atoms with E-state index in [-0.39, 0.29) is 12.2 Å². The molecule has 1 saturated heterocycles. The van der Waals surface area contributed by atoms with Crippen molar-refractivity contribution < 1.29 is 72.4 Å². The molecule has 2 aromatic rings. The number of thioether (sulfide) groups is 1. The molecule has 10 N–H and O–H groups in total. The van der Waals surface area contributed by atoms with Gasteiger partial charge in [-0.05, 0) is 17.5 Å². The van der Waals surface area contributed by atoms with Crippen LogP contribution in [-0.2, 0) is 68.6 Å². The first-order chi connectivity index (χ1) is 31.7. The van der Waals surface area contributed by atoms with E-state index in [9.17, 15) is 63.0 Å². The van der Waals surface area contributed by atoms with Gasteiger partial charge in [-0.25, -0.2) is 0 Å². The smallest absolute Gasteiger partial charge is 0.305 e. The highest BCUT2D eigenvalue weighted by Crippen LogP contribution is 2.32. The lowest BCUT2D eigenvalue weighted by atomic mass is 9.98. The number of aliphatic hydroxyl groups is 1. The summed E-state index contributed by atoms with van der Waals surface area (Å²) < 4.78 is 10.4. The molecular weight excluding hydrogens is 903 g/mol. The van der Waals surface area contributed by atoms with Crippen molar-refractivity contribution in [2.75, 3.05) is 32.0 Å². The molecule has 0 saturated carbocycles. The number of esters is 2. The lowest BCUT2D eigenvalue weighted by Gasteiger charge is -2.31. The summed E-state index contributed by atoms with van der Waals surface area (Å²) in [5, 5.41) is 39.1. The Morgan fingerprint density at radius 2 is 1.49 bits per heavy atom. The van der Waals surface area contributed by atoms with E-state index in [2.05, 4.69) is 42.2 Å². The van der Waals surface area contributed by atoms with Crippen LogP contribution in [0, 0.1) is 5.92 Å². The Morgan fingerprint density at radius 1 is 0.821 bits per heavy atom. The molecular formula is C42H55N9O15S. The molecule has 67 heavy (non-hydrogen) atoms. The number of H-pyrrole nitrogens is 1. The van der Waals surface area contributed by atoms with Crippen LogP contribution in [0.2, 0.25) is 0 Å². The summed E-state index contributed by atoms with van der Waals surface area (Å²) in [6.45, 7) is 3.08. The van der Waals surface area contributed by atoms with Gasteiger partial charge in [0.2, 0.25) is 47.3 Å². The van der Waals surface area contributed by atoms with E-state index in [0.717, 1.165) is 30.5 Å². The quantitative estimate of drug-likeness (QED) is 0.111. The maximum atomic E-state index is 14.6. The maximum Gasteiger partial charge on any atom is 0.305 e. The number of ether oxygens (including phenoxy) is 2. The van der Waals surface area contributed by atoms with E-state index in [1.165, 1.54) is 0 Å². The molecule has 3 aliphatic heterocycles. The van der Waals surface area contributed by atoms with Crippen LogP contribution in [0.1, 0.15) is 58.9 Å². The summed E-state index contributed by atoms with van der Waals surface area (Å²) in [7, 11) is 0. The summed E-state index contributed by atoms with van der Waals surface area (Å²) in [6, 6.07) is -2.67. The molecule has 3 unspecified atom stereocenters. The monoisotopic (exact) mass is 957 g/mol. The number of carboxylic acid groups (broad SMARTS) is 1. The van der Waals surface area contributed by atoms with E-state index in [4.69, 9.17) is 9.47 Å². The third kappa shape index (κ3) is 13.9. The molecule has 0 radical (unpaired) electrons. The number of aromatic amines is 1. The number of para-hydroxylation sites is 1. The van der Waals surface area contributed by atoms with Gasteiger partial charge in [0.15, 0.2) is 0 Å². The number of aromatic nitrogens is 1. The van der Waals surface area contributed by atoms with Crippen LogP contribution < -0.4 is 37.2 Å². The lowest BCUT2D eigenvalue weighted by Crippen LogP contribution is -2.60. The van der Waals surface area contributed by atoms with Crippen molar-refractivity contribution in [1.29, 1.82) is 0 Å². The zero-order chi connectivity index (χ0) is 49.1. The van der Waals surface area contributed by atoms with Crippen molar-refractivity contribution in [3.05, 3.63) is 29.8 Å². The minimum Gasteiger partial charge on any atom is -0.481 e. The SMILES string of the molecule is CC[C@H](C)[C@@H]1NC(=O)CNC(=O)C2Cc3c([nH]c4ccccc34)SCC(NC(=O)CNC1=O)C(=O)NC(CC(=O)O)C(=O)N1C[C@H](O)C[C@H]1C(=O)N[C@@H](C[C@@H](COC(C)=O)OC(C)=O)C(=O)N2. The molecule has 8 amide bonds. The lowest BCUT2D eigenvalue weighted by molar-refractivity contribution is -0.157. The summed E-state index contributed by atoms with van der Waals surface area (Å²) in [5.74, 6) is -11.6. The second-order valence-corrected chi connectivity index (χ2v) is 17.5. The Labute approximate surface area is 387 Å². The van der Waals surface area contributed by atoms with Crippen molar-refractivity contribution in [3.63, 3.8) is 0 Å². The molecule has 364 valence electrons. The van der Waals surface area contributed by atoms with Crippen molar-refractivity contribution in [2.24, 2.45) is 5.92 Å². The standard InChI is InChI=1S/C42H55N9O15S/c1-5-19(2)35-40(63)44-14-32(55)45-30-18-67-41-25(24-8-6-7-9-26(24)49-41)12-28(36(59)43-15-33(56)50-35)46-37(60)27(11-23(66-21(4)53)17-65-20(3)52)47-39(62)31-10-22(54)16-51(31)42(64)29(13-34(57)58)48-38(30)61/h6-9,19,22-23,27-31,35,49,54H,5,10-18H2,1-4H3,(H,43,59)(H,44,63)(H,45,55)(H,46,60)(H,47,62)(H,48,61)(H,50,56)(H,57,58)/t19-,22+,23-,27-,28?,29?,30?,31-,35-/m0/s1. The maximum absolute atomic E-state index is 14.6. The molecule has 1 aromatic heterocycles. The fourth-order valence-electron chi connectivity index (χ4n) is 7.79. The van der Waals surface area contributed by atoms with Gasteiger partial charge in [0.1, 0.15) is 49.0 Å². The summed E-state index contributed by atoms with van der Waals surface area (Å²) in [5.41, 5.74) is 0.949. The largest absolute Gasteiger partial charge is 0.481 e. The normalized spacial score (nSPS) is 25.9. The highest BCUT2D eigenvalue weighted by atomic mass is 32.2. The topological polar surface area (TPSA) is 350 Å². The van der Waals surface area contributed by atoms with Gasteiger partial charge >= 0.3 is 17.9 Å². The van der Waals surface area contributed by atoms with Gasteiger partial charge in [-0.3, -0.25) is 52.7 Å². The van der Waals surface area contributed by atoms with Crippen LogP contribution in [0.15, 0.2) is 29.3 Å². The first-order valence-corrected chi connectivity index (χ1v) is 22.5. The van der Waals surface area contributed by atoms with E-state index < -0.39 is 165 Å². The third-order valence-corrected chi connectivity index (χ3v) is 12.5. The number of amides is 8. The number of carbonyl (C=O) groups is 11. The fraction of sp³-hybridized carbons (Fsp3) is 0.548. The first-order valence-electron chi connectivity index (χ1n) is 21.5. The molecule has 1 aromatic carbocycles. The summed E-state index contributed by atoms with van der Waals surface area (Å²) in [4.78, 5) is 152. The van der Waals surface area contributed by atoms with Gasteiger partial charge in [0, 0.05) is 56.3 Å². The number of aliphatic hydroxyl groups excluding tert-OH is 1. The van der Waals surface area contributed by atoms with E-state index in [1.807, 2.05) is 0 Å². The predicted octanol–water partition coefficient (Wildman–Crippen LogP) is -3.15. The van der Waals surface area contributed by atoms with Gasteiger partial charge in [0.05, 0.1) is 30.6 Å². The molecule has 5 rings (SSSR count). The van der Waals surface area contributed by atoms with Gasteiger partial charge < -0.3 is 66.8 Å². The minimum atomic E-state index is -1.88. The number of carbonyl (C=O) groups excluding carboxylic acids is 10. The van der Waals surface area contributed by atoms with Crippen molar-refractivity contribution in [2.45, 2.75) is 113 Å².